The van der Waals surface area contributed by atoms with Gasteiger partial charge in [0.15, 0.2) is 11.6 Å². The first-order valence-electron chi connectivity index (χ1n) is 11.8. The minimum Gasteiger partial charge on any atom is -0.355 e. The fraction of sp³-hybridized carbons (Fsp3) is 0.259. The molecule has 0 radical (unpaired) electrons. The molecular formula is C27H28ClF2N3O4S. The molecule has 0 aromatic heterocycles. The monoisotopic (exact) mass is 563 g/mol. The van der Waals surface area contributed by atoms with Crippen LogP contribution in [-0.2, 0) is 32.6 Å². The van der Waals surface area contributed by atoms with Crippen molar-refractivity contribution in [3.63, 3.8) is 0 Å². The molecule has 0 saturated carbocycles. The SMILES string of the molecule is CCNC(=O)[C@H](Cc1ccccc1)N(Cc1ccc(Cl)cc1)C(=O)CN(c1ccc(F)c(F)c1)S(C)(=O)=O. The normalized spacial score (nSPS) is 12.0. The average molecular weight is 564 g/mol. The van der Waals surface area contributed by atoms with E-state index < -0.39 is 46.1 Å². The summed E-state index contributed by atoms with van der Waals surface area (Å²) in [4.78, 5) is 28.3. The minimum atomic E-state index is -4.09. The van der Waals surface area contributed by atoms with Crippen LogP contribution in [0.3, 0.4) is 0 Å². The second-order valence-electron chi connectivity index (χ2n) is 8.62. The van der Waals surface area contributed by atoms with Gasteiger partial charge in [0, 0.05) is 30.6 Å². The molecule has 11 heteroatoms. The van der Waals surface area contributed by atoms with Crippen molar-refractivity contribution in [2.75, 3.05) is 23.7 Å². The molecule has 3 aromatic carbocycles. The molecule has 0 unspecified atom stereocenters. The Bertz CT molecular complexity index is 1370. The van der Waals surface area contributed by atoms with Crippen LogP contribution in [-0.4, -0.2) is 50.5 Å². The number of hydrogen-bond donors (Lipinski definition) is 1. The molecule has 202 valence electrons. The van der Waals surface area contributed by atoms with Crippen LogP contribution in [0.15, 0.2) is 72.8 Å². The van der Waals surface area contributed by atoms with Crippen LogP contribution in [0.2, 0.25) is 5.02 Å². The molecule has 0 saturated heterocycles. The number of nitrogens with one attached hydrogen (secondary N) is 1. The molecule has 3 rings (SSSR count). The number of carbonyl (C=O) groups excluding carboxylic acids is 2. The summed E-state index contributed by atoms with van der Waals surface area (Å²) in [7, 11) is -4.09. The van der Waals surface area contributed by atoms with Gasteiger partial charge < -0.3 is 10.2 Å². The van der Waals surface area contributed by atoms with E-state index in [4.69, 9.17) is 11.6 Å². The van der Waals surface area contributed by atoms with Gasteiger partial charge >= 0.3 is 0 Å². The van der Waals surface area contributed by atoms with Crippen molar-refractivity contribution in [3.05, 3.63) is 101 Å². The van der Waals surface area contributed by atoms with E-state index in [2.05, 4.69) is 5.32 Å². The van der Waals surface area contributed by atoms with E-state index in [9.17, 15) is 26.8 Å². The van der Waals surface area contributed by atoms with E-state index in [0.717, 1.165) is 24.0 Å². The Morgan fingerprint density at radius 1 is 0.947 bits per heavy atom. The van der Waals surface area contributed by atoms with Gasteiger partial charge in [-0.05, 0) is 42.3 Å². The number of sulfonamides is 1. The fourth-order valence-corrected chi connectivity index (χ4v) is 4.85. The van der Waals surface area contributed by atoms with E-state index in [0.29, 0.717) is 27.5 Å². The Morgan fingerprint density at radius 2 is 1.61 bits per heavy atom. The van der Waals surface area contributed by atoms with E-state index in [1.807, 2.05) is 30.3 Å². The van der Waals surface area contributed by atoms with Crippen molar-refractivity contribution in [3.8, 4) is 0 Å². The van der Waals surface area contributed by atoms with Crippen molar-refractivity contribution in [1.82, 2.24) is 10.2 Å². The van der Waals surface area contributed by atoms with Crippen molar-refractivity contribution in [2.24, 2.45) is 0 Å². The largest absolute Gasteiger partial charge is 0.355 e. The summed E-state index contributed by atoms with van der Waals surface area (Å²) in [6.45, 7) is 1.30. The average Bonchev–Trinajstić information content (AvgIpc) is 2.87. The summed E-state index contributed by atoms with van der Waals surface area (Å²) >= 11 is 6.01. The number of anilines is 1. The van der Waals surface area contributed by atoms with Gasteiger partial charge in [0.05, 0.1) is 11.9 Å². The molecule has 38 heavy (non-hydrogen) atoms. The molecule has 7 nitrogen and oxygen atoms in total. The summed E-state index contributed by atoms with van der Waals surface area (Å²) in [5, 5.41) is 3.23. The van der Waals surface area contributed by atoms with Gasteiger partial charge in [0.1, 0.15) is 12.6 Å². The van der Waals surface area contributed by atoms with Crippen LogP contribution in [0.5, 0.6) is 0 Å². The molecular weight excluding hydrogens is 536 g/mol. The van der Waals surface area contributed by atoms with Gasteiger partial charge in [0.2, 0.25) is 21.8 Å². The lowest BCUT2D eigenvalue weighted by atomic mass is 10.0. The van der Waals surface area contributed by atoms with Gasteiger partial charge in [-0.3, -0.25) is 13.9 Å². The third-order valence-corrected chi connectivity index (χ3v) is 7.15. The highest BCUT2D eigenvalue weighted by Gasteiger charge is 2.33. The highest BCUT2D eigenvalue weighted by atomic mass is 35.5. The summed E-state index contributed by atoms with van der Waals surface area (Å²) in [5.74, 6) is -3.54. The van der Waals surface area contributed by atoms with E-state index in [1.54, 1.807) is 31.2 Å². The van der Waals surface area contributed by atoms with E-state index >= 15 is 0 Å². The predicted octanol–water partition coefficient (Wildman–Crippen LogP) is 4.16. The van der Waals surface area contributed by atoms with Crippen LogP contribution >= 0.6 is 11.6 Å². The molecule has 0 spiro atoms. The summed E-state index contributed by atoms with van der Waals surface area (Å²) in [6, 6.07) is 17.3. The van der Waals surface area contributed by atoms with Gasteiger partial charge in [-0.1, -0.05) is 54.1 Å². The molecule has 0 aliphatic heterocycles. The zero-order valence-corrected chi connectivity index (χ0v) is 22.5. The van der Waals surface area contributed by atoms with Crippen molar-refractivity contribution >= 4 is 39.1 Å². The Hall–Kier alpha value is -3.50. The van der Waals surface area contributed by atoms with Crippen LogP contribution < -0.4 is 9.62 Å². The highest BCUT2D eigenvalue weighted by molar-refractivity contribution is 7.92. The zero-order valence-electron chi connectivity index (χ0n) is 20.9. The lowest BCUT2D eigenvalue weighted by molar-refractivity contribution is -0.140. The maximum absolute atomic E-state index is 13.9. The first-order valence-corrected chi connectivity index (χ1v) is 14.0. The van der Waals surface area contributed by atoms with E-state index in [1.165, 1.54) is 4.90 Å². The summed E-state index contributed by atoms with van der Waals surface area (Å²) < 4.78 is 53.4. The maximum Gasteiger partial charge on any atom is 0.244 e. The second-order valence-corrected chi connectivity index (χ2v) is 11.0. The Labute approximate surface area is 226 Å². The number of halogens is 3. The lowest BCUT2D eigenvalue weighted by Crippen LogP contribution is -2.53. The number of carbonyl (C=O) groups is 2. The topological polar surface area (TPSA) is 86.8 Å². The van der Waals surface area contributed by atoms with Gasteiger partial charge in [-0.15, -0.1) is 0 Å². The summed E-state index contributed by atoms with van der Waals surface area (Å²) in [5.41, 5.74) is 1.23. The molecule has 0 aliphatic rings. The summed E-state index contributed by atoms with van der Waals surface area (Å²) in [6.07, 6.45) is 1.02. The molecule has 0 bridgehead atoms. The van der Waals surface area contributed by atoms with E-state index in [-0.39, 0.29) is 18.7 Å². The smallest absolute Gasteiger partial charge is 0.244 e. The predicted molar refractivity (Wildman–Crippen MR) is 143 cm³/mol. The van der Waals surface area contributed by atoms with Gasteiger partial charge in [0.25, 0.3) is 0 Å². The van der Waals surface area contributed by atoms with Gasteiger partial charge in [-0.2, -0.15) is 0 Å². The number of benzene rings is 3. The Balaban J connectivity index is 2.04. The molecule has 1 N–H and O–H groups in total. The Kier molecular flexibility index (Phi) is 9.82. The number of hydrogen-bond acceptors (Lipinski definition) is 4. The number of rotatable bonds is 11. The molecule has 3 aromatic rings. The first kappa shape index (κ1) is 29.1. The fourth-order valence-electron chi connectivity index (χ4n) is 3.89. The maximum atomic E-state index is 13.9. The quantitative estimate of drug-likeness (QED) is 0.379. The standard InChI is InChI=1S/C27H28ClF2N3O4S/c1-3-31-27(35)25(15-19-7-5-4-6-8-19)32(17-20-9-11-21(28)12-10-20)26(34)18-33(38(2,36)37)22-13-14-23(29)24(30)16-22/h4-14,16,25H,3,15,17-18H2,1-2H3,(H,31,35)/t25-/m0/s1. The number of nitrogens with zero attached hydrogens (tertiary/aromatic N) is 2. The van der Waals surface area contributed by atoms with Crippen molar-refractivity contribution < 1.29 is 26.8 Å². The highest BCUT2D eigenvalue weighted by Crippen LogP contribution is 2.22. The van der Waals surface area contributed by atoms with Crippen molar-refractivity contribution in [2.45, 2.75) is 25.9 Å². The van der Waals surface area contributed by atoms with Crippen LogP contribution in [0.1, 0.15) is 18.1 Å². The molecule has 0 fully saturated rings. The minimum absolute atomic E-state index is 0.0278. The molecule has 0 heterocycles. The third kappa shape index (κ3) is 7.75. The molecule has 0 aliphatic carbocycles. The second kappa shape index (κ2) is 12.8. The zero-order chi connectivity index (χ0) is 27.9. The lowest BCUT2D eigenvalue weighted by Gasteiger charge is -2.33. The molecule has 1 atom stereocenters. The van der Waals surface area contributed by atoms with Crippen LogP contribution in [0, 0.1) is 11.6 Å². The first-order chi connectivity index (χ1) is 18.0. The third-order valence-electron chi connectivity index (χ3n) is 5.76. The Morgan fingerprint density at radius 3 is 2.18 bits per heavy atom. The van der Waals surface area contributed by atoms with Gasteiger partial charge in [-0.25, -0.2) is 17.2 Å². The van der Waals surface area contributed by atoms with Crippen molar-refractivity contribution in [1.29, 1.82) is 0 Å². The number of likely N-dealkylation sites (N-methyl/N-ethyl adjacent to an activating group) is 1. The van der Waals surface area contributed by atoms with Crippen LogP contribution in [0.25, 0.3) is 0 Å². The van der Waals surface area contributed by atoms with Crippen LogP contribution in [0.4, 0.5) is 14.5 Å². The number of amides is 2. The molecule has 2 amide bonds.